The van der Waals surface area contributed by atoms with Gasteiger partial charge in [0, 0.05) is 0 Å². The molecule has 0 aliphatic carbocycles. The molecule has 0 amide bonds. The second-order valence-corrected chi connectivity index (χ2v) is 3.86. The summed E-state index contributed by atoms with van der Waals surface area (Å²) < 4.78 is 15.0. The lowest BCUT2D eigenvalue weighted by molar-refractivity contribution is 0.0498. The lowest BCUT2D eigenvalue weighted by Gasteiger charge is -2.11. The van der Waals surface area contributed by atoms with Gasteiger partial charge in [0.05, 0.1) is 26.4 Å². The number of hydrogen-bond acceptors (Lipinski definition) is 6. The lowest BCUT2D eigenvalue weighted by Crippen LogP contribution is -2.08. The molecule has 19 heavy (non-hydrogen) atoms. The predicted molar refractivity (Wildman–Crippen MR) is 69.8 cm³/mol. The van der Waals surface area contributed by atoms with Gasteiger partial charge in [0.25, 0.3) is 0 Å². The number of carbonyl (C=O) groups is 1. The van der Waals surface area contributed by atoms with Gasteiger partial charge >= 0.3 is 5.97 Å². The zero-order valence-corrected chi connectivity index (χ0v) is 11.1. The molecule has 1 aromatic rings. The van der Waals surface area contributed by atoms with Crippen LogP contribution in [0.5, 0.6) is 17.2 Å². The van der Waals surface area contributed by atoms with E-state index in [0.29, 0.717) is 19.6 Å². The maximum absolute atomic E-state index is 11.8. The van der Waals surface area contributed by atoms with Gasteiger partial charge in [0.2, 0.25) is 5.75 Å². The van der Waals surface area contributed by atoms with Gasteiger partial charge in [-0.3, -0.25) is 0 Å². The fourth-order valence-electron chi connectivity index (χ4n) is 1.51. The zero-order valence-electron chi connectivity index (χ0n) is 11.1. The first-order chi connectivity index (χ1) is 9.13. The van der Waals surface area contributed by atoms with Crippen LogP contribution in [0, 0.1) is 0 Å². The summed E-state index contributed by atoms with van der Waals surface area (Å²) in [6.07, 6.45) is 1.52. The Bertz CT molecular complexity index is 408. The van der Waals surface area contributed by atoms with Crippen LogP contribution in [0.4, 0.5) is 0 Å². The molecule has 6 nitrogen and oxygen atoms in total. The summed E-state index contributed by atoms with van der Waals surface area (Å²) in [6, 6.07) is 2.81. The van der Waals surface area contributed by atoms with Crippen molar-refractivity contribution in [3.8, 4) is 17.2 Å². The van der Waals surface area contributed by atoms with Gasteiger partial charge < -0.3 is 25.1 Å². The molecule has 0 radical (unpaired) electrons. The second kappa shape index (κ2) is 7.48. The molecule has 106 valence electrons. The van der Waals surface area contributed by atoms with Crippen molar-refractivity contribution in [1.29, 1.82) is 0 Å². The Labute approximate surface area is 112 Å². The van der Waals surface area contributed by atoms with Crippen molar-refractivity contribution < 1.29 is 24.1 Å². The molecule has 0 spiro atoms. The third kappa shape index (κ3) is 4.03. The molecule has 0 aliphatic rings. The first-order valence-corrected chi connectivity index (χ1v) is 5.96. The molecular weight excluding hydrogens is 250 g/mol. The summed E-state index contributed by atoms with van der Waals surface area (Å²) in [5.41, 5.74) is 5.61. The molecule has 0 atom stereocenters. The molecule has 6 heteroatoms. The number of rotatable bonds is 7. The highest BCUT2D eigenvalue weighted by Gasteiger charge is 2.16. The van der Waals surface area contributed by atoms with Crippen molar-refractivity contribution >= 4 is 5.97 Å². The van der Waals surface area contributed by atoms with Gasteiger partial charge in [-0.25, -0.2) is 4.79 Å². The number of hydrogen-bond donors (Lipinski definition) is 2. The van der Waals surface area contributed by atoms with E-state index in [0.717, 1.165) is 6.42 Å². The average molecular weight is 269 g/mol. The summed E-state index contributed by atoms with van der Waals surface area (Å²) >= 11 is 0. The number of benzene rings is 1. The Morgan fingerprint density at radius 1 is 1.21 bits per heavy atom. The predicted octanol–water partition coefficient (Wildman–Crippen LogP) is 1.31. The van der Waals surface area contributed by atoms with E-state index in [1.165, 1.54) is 26.4 Å². The van der Waals surface area contributed by atoms with E-state index in [4.69, 9.17) is 19.9 Å². The fourth-order valence-corrected chi connectivity index (χ4v) is 1.51. The highest BCUT2D eigenvalue weighted by atomic mass is 16.5. The number of nitrogens with two attached hydrogens (primary N) is 1. The van der Waals surface area contributed by atoms with Crippen molar-refractivity contribution in [2.45, 2.75) is 12.8 Å². The topological polar surface area (TPSA) is 91.0 Å². The molecule has 3 N–H and O–H groups in total. The van der Waals surface area contributed by atoms with E-state index in [2.05, 4.69) is 0 Å². The van der Waals surface area contributed by atoms with Crippen LogP contribution in [0.2, 0.25) is 0 Å². The molecule has 1 aromatic carbocycles. The van der Waals surface area contributed by atoms with E-state index >= 15 is 0 Å². The smallest absolute Gasteiger partial charge is 0.338 e. The van der Waals surface area contributed by atoms with Crippen molar-refractivity contribution in [2.24, 2.45) is 5.73 Å². The summed E-state index contributed by atoms with van der Waals surface area (Å²) in [6.45, 7) is 0.875. The van der Waals surface area contributed by atoms with Crippen LogP contribution in [0.25, 0.3) is 0 Å². The number of carbonyl (C=O) groups excluding carboxylic acids is 1. The third-order valence-corrected chi connectivity index (χ3v) is 2.55. The van der Waals surface area contributed by atoms with Crippen molar-refractivity contribution in [3.63, 3.8) is 0 Å². The molecule has 0 bridgehead atoms. The summed E-state index contributed by atoms with van der Waals surface area (Å²) in [5.74, 6) is -0.320. The van der Waals surface area contributed by atoms with Crippen LogP contribution >= 0.6 is 0 Å². The molecule has 0 aliphatic heterocycles. The van der Waals surface area contributed by atoms with Crippen LogP contribution in [0.1, 0.15) is 23.2 Å². The molecule has 0 fully saturated rings. The van der Waals surface area contributed by atoms with Crippen LogP contribution < -0.4 is 15.2 Å². The monoisotopic (exact) mass is 269 g/mol. The van der Waals surface area contributed by atoms with E-state index in [1.54, 1.807) is 0 Å². The normalized spacial score (nSPS) is 10.1. The number of aromatic hydroxyl groups is 1. The SMILES string of the molecule is COc1cc(C(=O)OCCCCN)cc(OC)c1O. The average Bonchev–Trinajstić information content (AvgIpc) is 2.43. The highest BCUT2D eigenvalue weighted by Crippen LogP contribution is 2.37. The zero-order chi connectivity index (χ0) is 14.3. The first kappa shape index (κ1) is 15.1. The van der Waals surface area contributed by atoms with Crippen molar-refractivity contribution in [2.75, 3.05) is 27.4 Å². The Balaban J connectivity index is 2.79. The second-order valence-electron chi connectivity index (χ2n) is 3.86. The van der Waals surface area contributed by atoms with Gasteiger partial charge in [-0.15, -0.1) is 0 Å². The van der Waals surface area contributed by atoms with E-state index in [1.807, 2.05) is 0 Å². The first-order valence-electron chi connectivity index (χ1n) is 5.96. The standard InChI is InChI=1S/C13H19NO5/c1-17-10-7-9(8-11(18-2)12(10)15)13(16)19-6-4-3-5-14/h7-8,15H,3-6,14H2,1-2H3. The number of ether oxygens (including phenoxy) is 3. The summed E-state index contributed by atoms with van der Waals surface area (Å²) in [7, 11) is 2.79. The lowest BCUT2D eigenvalue weighted by atomic mass is 10.2. The van der Waals surface area contributed by atoms with E-state index in [-0.39, 0.29) is 22.8 Å². The Kier molecular flexibility index (Phi) is 5.95. The van der Waals surface area contributed by atoms with Crippen molar-refractivity contribution in [1.82, 2.24) is 0 Å². The third-order valence-electron chi connectivity index (χ3n) is 2.55. The van der Waals surface area contributed by atoms with Crippen LogP contribution in [0.3, 0.4) is 0 Å². The van der Waals surface area contributed by atoms with Crippen LogP contribution in [0.15, 0.2) is 12.1 Å². The van der Waals surface area contributed by atoms with Gasteiger partial charge in [0.1, 0.15) is 0 Å². The highest BCUT2D eigenvalue weighted by molar-refractivity contribution is 5.91. The number of phenolic OH excluding ortho intramolecular Hbond substituents is 1. The molecule has 0 aromatic heterocycles. The molecule has 0 saturated heterocycles. The van der Waals surface area contributed by atoms with Gasteiger partial charge in [0.15, 0.2) is 11.5 Å². The van der Waals surface area contributed by atoms with Gasteiger partial charge in [-0.1, -0.05) is 0 Å². The maximum Gasteiger partial charge on any atom is 0.338 e. The van der Waals surface area contributed by atoms with Gasteiger partial charge in [-0.05, 0) is 31.5 Å². The quantitative estimate of drug-likeness (QED) is 0.573. The number of phenols is 1. The van der Waals surface area contributed by atoms with Gasteiger partial charge in [-0.2, -0.15) is 0 Å². The maximum atomic E-state index is 11.8. The summed E-state index contributed by atoms with van der Waals surface area (Å²) in [5, 5.41) is 9.73. The minimum atomic E-state index is -0.492. The van der Waals surface area contributed by atoms with Crippen LogP contribution in [-0.2, 0) is 4.74 Å². The van der Waals surface area contributed by atoms with E-state index < -0.39 is 5.97 Å². The molecule has 0 unspecified atom stereocenters. The molecule has 0 saturated carbocycles. The number of methoxy groups -OCH3 is 2. The summed E-state index contributed by atoms with van der Waals surface area (Å²) in [4.78, 5) is 11.8. The minimum absolute atomic E-state index is 0.148. The molecule has 0 heterocycles. The number of unbranched alkanes of at least 4 members (excludes halogenated alkanes) is 1. The van der Waals surface area contributed by atoms with Crippen LogP contribution in [-0.4, -0.2) is 38.4 Å². The van der Waals surface area contributed by atoms with E-state index in [9.17, 15) is 9.90 Å². The Morgan fingerprint density at radius 2 is 1.79 bits per heavy atom. The minimum Gasteiger partial charge on any atom is -0.502 e. The Hall–Kier alpha value is -1.95. The number of esters is 1. The van der Waals surface area contributed by atoms with Crippen molar-refractivity contribution in [3.05, 3.63) is 17.7 Å². The molecular formula is C13H19NO5. The molecule has 1 rings (SSSR count). The fraction of sp³-hybridized carbons (Fsp3) is 0.462. The largest absolute Gasteiger partial charge is 0.502 e. The Morgan fingerprint density at radius 3 is 2.26 bits per heavy atom.